The van der Waals surface area contributed by atoms with E-state index < -0.39 is 0 Å². The number of rotatable bonds is 9. The van der Waals surface area contributed by atoms with E-state index in [1.807, 2.05) is 18.2 Å². The molecule has 0 saturated carbocycles. The smallest absolute Gasteiger partial charge is 0.120 e. The highest BCUT2D eigenvalue weighted by Crippen LogP contribution is 2.09. The lowest BCUT2D eigenvalue weighted by atomic mass is 10.0. The van der Waals surface area contributed by atoms with Crippen molar-refractivity contribution < 1.29 is 0 Å². The summed E-state index contributed by atoms with van der Waals surface area (Å²) < 4.78 is 0. The fourth-order valence-electron chi connectivity index (χ4n) is 1.95. The van der Waals surface area contributed by atoms with Gasteiger partial charge in [-0.1, -0.05) is 58.7 Å². The molecule has 106 valence electrons. The maximum absolute atomic E-state index is 11.0. The summed E-state index contributed by atoms with van der Waals surface area (Å²) in [5.41, 5.74) is 1.21. The van der Waals surface area contributed by atoms with Crippen molar-refractivity contribution in [3.8, 4) is 0 Å². The monoisotopic (exact) mass is 281 g/mol. The molecule has 0 aliphatic rings. The average molecular weight is 281 g/mol. The molecule has 1 rings (SSSR count). The summed E-state index contributed by atoms with van der Waals surface area (Å²) in [4.78, 5) is 11.0. The van der Waals surface area contributed by atoms with E-state index in [0.717, 1.165) is 13.0 Å². The third-order valence-electron chi connectivity index (χ3n) is 3.02. The van der Waals surface area contributed by atoms with Crippen molar-refractivity contribution in [3.05, 3.63) is 40.8 Å². The van der Waals surface area contributed by atoms with Crippen LogP contribution < -0.4 is 10.4 Å². The third-order valence-corrected chi connectivity index (χ3v) is 3.45. The molecular formula is C14H24N3OP. The van der Waals surface area contributed by atoms with Gasteiger partial charge in [0.25, 0.3) is 0 Å². The summed E-state index contributed by atoms with van der Waals surface area (Å²) in [6.45, 7) is 5.80. The number of benzene rings is 1. The molecule has 0 aromatic heterocycles. The zero-order chi connectivity index (χ0) is 14.1. The summed E-state index contributed by atoms with van der Waals surface area (Å²) in [5, 5.41) is 9.68. The molecule has 19 heavy (non-hydrogen) atoms. The molecule has 1 aromatic carbocycles. The molecule has 0 aliphatic heterocycles. The van der Waals surface area contributed by atoms with Crippen molar-refractivity contribution in [3.63, 3.8) is 0 Å². The van der Waals surface area contributed by atoms with Crippen molar-refractivity contribution >= 4 is 9.39 Å². The first-order valence-electron chi connectivity index (χ1n) is 6.70. The van der Waals surface area contributed by atoms with Gasteiger partial charge in [-0.15, -0.1) is 0 Å². The highest BCUT2D eigenvalue weighted by atomic mass is 31.0. The lowest BCUT2D eigenvalue weighted by molar-refractivity contribution is 0.445. The second-order valence-corrected chi connectivity index (χ2v) is 5.52. The summed E-state index contributed by atoms with van der Waals surface area (Å²) >= 11 is 0. The van der Waals surface area contributed by atoms with Gasteiger partial charge in [-0.05, 0) is 24.4 Å². The molecule has 0 radical (unpaired) electrons. The standard InChI is InChI=1S/C14H24N3OP/c1-11(2)9-15-10-14(16-18)13(17-19)8-12-6-4-3-5-7-12/h3-7,11,13-15,17H,8-10,19H2,1-2H3. The van der Waals surface area contributed by atoms with E-state index >= 15 is 0 Å². The van der Waals surface area contributed by atoms with Gasteiger partial charge in [-0.3, -0.25) is 5.09 Å². The zero-order valence-corrected chi connectivity index (χ0v) is 12.8. The Hall–Kier alpha value is -0.830. The van der Waals surface area contributed by atoms with Crippen LogP contribution in [0.15, 0.2) is 35.5 Å². The van der Waals surface area contributed by atoms with Gasteiger partial charge in [0.15, 0.2) is 0 Å². The van der Waals surface area contributed by atoms with E-state index in [2.05, 4.69) is 51.0 Å². The summed E-state index contributed by atoms with van der Waals surface area (Å²) in [6.07, 6.45) is 0.796. The highest BCUT2D eigenvalue weighted by molar-refractivity contribution is 7.13. The Balaban J connectivity index is 2.52. The Bertz CT molecular complexity index is 359. The molecule has 3 unspecified atom stereocenters. The van der Waals surface area contributed by atoms with Crippen LogP contribution in [0.3, 0.4) is 0 Å². The van der Waals surface area contributed by atoms with Gasteiger partial charge in [-0.2, -0.15) is 4.91 Å². The van der Waals surface area contributed by atoms with Crippen LogP contribution in [0.25, 0.3) is 0 Å². The normalized spacial score (nSPS) is 14.3. The summed E-state index contributed by atoms with van der Waals surface area (Å²) in [6, 6.07) is 9.91. The van der Waals surface area contributed by atoms with Crippen LogP contribution >= 0.6 is 9.39 Å². The molecule has 0 amide bonds. The molecule has 1 aromatic rings. The van der Waals surface area contributed by atoms with E-state index in [4.69, 9.17) is 0 Å². The molecule has 0 aliphatic carbocycles. The van der Waals surface area contributed by atoms with Gasteiger partial charge in [0.05, 0.1) is 0 Å². The lowest BCUT2D eigenvalue weighted by Crippen LogP contribution is -2.42. The SMILES string of the molecule is CC(C)CNCC(N=O)C(Cc1ccccc1)NP. The lowest BCUT2D eigenvalue weighted by Gasteiger charge is -2.22. The zero-order valence-electron chi connectivity index (χ0n) is 11.7. The van der Waals surface area contributed by atoms with Crippen LogP contribution in [0.4, 0.5) is 0 Å². The Labute approximate surface area is 118 Å². The van der Waals surface area contributed by atoms with Crippen molar-refractivity contribution in [1.29, 1.82) is 0 Å². The number of nitrogens with one attached hydrogen (secondary N) is 2. The van der Waals surface area contributed by atoms with Gasteiger partial charge >= 0.3 is 0 Å². The van der Waals surface area contributed by atoms with E-state index in [1.54, 1.807) is 0 Å². The third kappa shape index (κ3) is 6.24. The van der Waals surface area contributed by atoms with Gasteiger partial charge in [-0.25, -0.2) is 0 Å². The first kappa shape index (κ1) is 16.2. The van der Waals surface area contributed by atoms with Crippen LogP contribution in [0.1, 0.15) is 19.4 Å². The van der Waals surface area contributed by atoms with Crippen molar-refractivity contribution in [2.45, 2.75) is 32.4 Å². The Morgan fingerprint density at radius 2 is 1.89 bits per heavy atom. The molecule has 0 heterocycles. The number of nitrogens with zero attached hydrogens (tertiary/aromatic N) is 1. The molecule has 5 heteroatoms. The Morgan fingerprint density at radius 3 is 2.42 bits per heavy atom. The fraction of sp³-hybridized carbons (Fsp3) is 0.571. The largest absolute Gasteiger partial charge is 0.314 e. The van der Waals surface area contributed by atoms with Crippen molar-refractivity contribution in [2.75, 3.05) is 13.1 Å². The number of nitroso groups, excluding NO2 is 1. The minimum absolute atomic E-state index is 0.0320. The van der Waals surface area contributed by atoms with Crippen LogP contribution in [0.5, 0.6) is 0 Å². The first-order valence-corrected chi connectivity index (χ1v) is 7.28. The van der Waals surface area contributed by atoms with E-state index in [9.17, 15) is 4.91 Å². The maximum atomic E-state index is 11.0. The fourth-order valence-corrected chi connectivity index (χ4v) is 2.29. The van der Waals surface area contributed by atoms with Crippen molar-refractivity contribution in [2.24, 2.45) is 11.1 Å². The molecular weight excluding hydrogens is 257 g/mol. The maximum Gasteiger partial charge on any atom is 0.120 e. The molecule has 4 nitrogen and oxygen atoms in total. The van der Waals surface area contributed by atoms with Crippen LogP contribution in [0, 0.1) is 10.8 Å². The van der Waals surface area contributed by atoms with E-state index in [1.165, 1.54) is 5.56 Å². The molecule has 0 fully saturated rings. The second-order valence-electron chi connectivity index (χ2n) is 5.19. The first-order chi connectivity index (χ1) is 9.17. The summed E-state index contributed by atoms with van der Waals surface area (Å²) in [7, 11) is 2.49. The quantitative estimate of drug-likeness (QED) is 0.539. The Kier molecular flexibility index (Phi) is 7.80. The second kappa shape index (κ2) is 9.13. The van der Waals surface area contributed by atoms with Crippen molar-refractivity contribution in [1.82, 2.24) is 10.4 Å². The predicted octanol–water partition coefficient (Wildman–Crippen LogP) is 2.36. The molecule has 0 bridgehead atoms. The topological polar surface area (TPSA) is 53.5 Å². The van der Waals surface area contributed by atoms with Gasteiger partial charge in [0.2, 0.25) is 0 Å². The molecule has 3 atom stereocenters. The predicted molar refractivity (Wildman–Crippen MR) is 84.1 cm³/mol. The van der Waals surface area contributed by atoms with E-state index in [-0.39, 0.29) is 12.1 Å². The van der Waals surface area contributed by atoms with Gasteiger partial charge < -0.3 is 5.32 Å². The molecule has 0 spiro atoms. The van der Waals surface area contributed by atoms with Gasteiger partial charge in [0, 0.05) is 12.6 Å². The molecule has 0 saturated heterocycles. The average Bonchev–Trinajstić information content (AvgIpc) is 2.42. The van der Waals surface area contributed by atoms with Crippen LogP contribution in [0.2, 0.25) is 0 Å². The highest BCUT2D eigenvalue weighted by Gasteiger charge is 2.21. The molecule has 2 N–H and O–H groups in total. The number of hydrogen-bond acceptors (Lipinski definition) is 4. The minimum atomic E-state index is -0.267. The van der Waals surface area contributed by atoms with Crippen LogP contribution in [-0.2, 0) is 6.42 Å². The van der Waals surface area contributed by atoms with Crippen LogP contribution in [-0.4, -0.2) is 25.2 Å². The van der Waals surface area contributed by atoms with E-state index in [0.29, 0.717) is 12.5 Å². The number of hydrogen-bond donors (Lipinski definition) is 2. The minimum Gasteiger partial charge on any atom is -0.314 e. The van der Waals surface area contributed by atoms with Gasteiger partial charge in [0.1, 0.15) is 6.04 Å². The summed E-state index contributed by atoms with van der Waals surface area (Å²) in [5.74, 6) is 0.573. The Morgan fingerprint density at radius 1 is 1.21 bits per heavy atom.